The second kappa shape index (κ2) is 5.17. The zero-order chi connectivity index (χ0) is 15.0. The van der Waals surface area contributed by atoms with Crippen LogP contribution < -0.4 is 5.32 Å². The van der Waals surface area contributed by atoms with Crippen LogP contribution in [0.15, 0.2) is 42.6 Å². The van der Waals surface area contributed by atoms with Gasteiger partial charge >= 0.3 is 6.18 Å². The molecule has 0 saturated carbocycles. The van der Waals surface area contributed by atoms with Gasteiger partial charge in [-0.1, -0.05) is 6.07 Å². The summed E-state index contributed by atoms with van der Waals surface area (Å²) in [6.07, 6.45) is -2.64. The number of anilines is 2. The van der Waals surface area contributed by atoms with Gasteiger partial charge in [0.05, 0.1) is 11.3 Å². The van der Waals surface area contributed by atoms with Crippen LogP contribution in [0.3, 0.4) is 0 Å². The largest absolute Gasteiger partial charge is 0.416 e. The first-order valence-corrected chi connectivity index (χ1v) is 6.96. The summed E-state index contributed by atoms with van der Waals surface area (Å²) in [4.78, 5) is 4.23. The predicted octanol–water partition coefficient (Wildman–Crippen LogP) is 4.10. The Hall–Kier alpha value is -1.84. The van der Waals surface area contributed by atoms with Gasteiger partial charge in [0.15, 0.2) is 5.65 Å². The van der Waals surface area contributed by atoms with E-state index >= 15 is 0 Å². The van der Waals surface area contributed by atoms with Gasteiger partial charge in [0.1, 0.15) is 0 Å². The fraction of sp³-hybridized carbons (Fsp3) is 0.0769. The van der Waals surface area contributed by atoms with E-state index in [4.69, 9.17) is 0 Å². The third-order valence-corrected chi connectivity index (χ3v) is 3.26. The van der Waals surface area contributed by atoms with Crippen LogP contribution in [0, 0.1) is 3.83 Å². The van der Waals surface area contributed by atoms with Crippen LogP contribution in [0.5, 0.6) is 0 Å². The minimum atomic E-state index is -4.37. The summed E-state index contributed by atoms with van der Waals surface area (Å²) in [6.45, 7) is 0. The van der Waals surface area contributed by atoms with Gasteiger partial charge in [0.25, 0.3) is 0 Å². The summed E-state index contributed by atoms with van der Waals surface area (Å²) in [6, 6.07) is 8.50. The number of nitrogens with one attached hydrogen (secondary N) is 1. The molecule has 0 saturated heterocycles. The van der Waals surface area contributed by atoms with Crippen molar-refractivity contribution in [1.29, 1.82) is 0 Å². The van der Waals surface area contributed by atoms with Crippen molar-refractivity contribution in [3.8, 4) is 0 Å². The van der Waals surface area contributed by atoms with Crippen LogP contribution in [0.4, 0.5) is 24.5 Å². The van der Waals surface area contributed by atoms with Crippen LogP contribution in [0.2, 0.25) is 0 Å². The second-order valence-electron chi connectivity index (χ2n) is 4.27. The Morgan fingerprint density at radius 1 is 1.14 bits per heavy atom. The van der Waals surface area contributed by atoms with Crippen molar-refractivity contribution in [2.75, 3.05) is 5.32 Å². The first-order valence-electron chi connectivity index (χ1n) is 5.89. The first-order chi connectivity index (χ1) is 9.93. The Bertz CT molecular complexity index is 797. The maximum absolute atomic E-state index is 12.7. The second-order valence-corrected chi connectivity index (χ2v) is 5.24. The molecule has 0 radical (unpaired) electrons. The van der Waals surface area contributed by atoms with E-state index in [2.05, 4.69) is 15.4 Å². The van der Waals surface area contributed by atoms with Crippen molar-refractivity contribution in [2.45, 2.75) is 6.18 Å². The molecule has 0 fully saturated rings. The van der Waals surface area contributed by atoms with E-state index in [0.29, 0.717) is 20.9 Å². The lowest BCUT2D eigenvalue weighted by molar-refractivity contribution is -0.137. The van der Waals surface area contributed by atoms with Crippen molar-refractivity contribution >= 4 is 39.6 Å². The van der Waals surface area contributed by atoms with Crippen molar-refractivity contribution in [1.82, 2.24) is 14.6 Å². The van der Waals surface area contributed by atoms with Gasteiger partial charge in [0, 0.05) is 34.5 Å². The lowest BCUT2D eigenvalue weighted by Gasteiger charge is -2.10. The molecule has 0 aliphatic rings. The molecule has 2 aromatic heterocycles. The van der Waals surface area contributed by atoms with Gasteiger partial charge in [-0.15, -0.1) is 5.10 Å². The first kappa shape index (κ1) is 14.1. The Morgan fingerprint density at radius 3 is 2.71 bits per heavy atom. The van der Waals surface area contributed by atoms with Crippen molar-refractivity contribution in [2.24, 2.45) is 0 Å². The summed E-state index contributed by atoms with van der Waals surface area (Å²) in [5.41, 5.74) is 0.790. The molecule has 21 heavy (non-hydrogen) atoms. The van der Waals surface area contributed by atoms with Gasteiger partial charge < -0.3 is 5.32 Å². The molecule has 0 unspecified atom stereocenters. The van der Waals surface area contributed by atoms with Crippen molar-refractivity contribution in [3.63, 3.8) is 0 Å². The number of alkyl halides is 3. The zero-order valence-electron chi connectivity index (χ0n) is 10.4. The molecule has 0 bridgehead atoms. The number of pyridine rings is 1. The van der Waals surface area contributed by atoms with Gasteiger partial charge in [0.2, 0.25) is 3.83 Å². The van der Waals surface area contributed by atoms with Crippen molar-refractivity contribution < 1.29 is 13.2 Å². The molecule has 0 atom stereocenters. The summed E-state index contributed by atoms with van der Waals surface area (Å²) >= 11 is 1.98. The average molecular weight is 404 g/mol. The number of rotatable bonds is 2. The molecule has 0 aliphatic heterocycles. The third kappa shape index (κ3) is 2.94. The fourth-order valence-corrected chi connectivity index (χ4v) is 2.37. The molecule has 2 heterocycles. The molecular weight excluding hydrogens is 396 g/mol. The minimum absolute atomic E-state index is 0.343. The standard InChI is InChI=1S/C13H8F3IN4/c14-13(15,16)8-3-1-4-9(7-8)18-10-5-2-6-21-11(10)19-12(17)20-21/h1-7,18H. The quantitative estimate of drug-likeness (QED) is 0.655. The molecule has 0 amide bonds. The number of halogens is 4. The number of nitrogens with zero attached hydrogens (tertiary/aromatic N) is 3. The smallest absolute Gasteiger partial charge is 0.352 e. The third-order valence-electron chi connectivity index (χ3n) is 2.81. The molecule has 8 heteroatoms. The Kier molecular flexibility index (Phi) is 3.47. The van der Waals surface area contributed by atoms with Gasteiger partial charge in [-0.05, 0) is 30.3 Å². The lowest BCUT2D eigenvalue weighted by atomic mass is 10.2. The highest BCUT2D eigenvalue weighted by molar-refractivity contribution is 14.1. The lowest BCUT2D eigenvalue weighted by Crippen LogP contribution is -2.05. The molecule has 1 aromatic carbocycles. The number of benzene rings is 1. The highest BCUT2D eigenvalue weighted by Crippen LogP contribution is 2.31. The summed E-state index contributed by atoms with van der Waals surface area (Å²) in [5.74, 6) is 0. The topological polar surface area (TPSA) is 42.2 Å². The molecule has 3 rings (SSSR count). The van der Waals surface area contributed by atoms with E-state index in [9.17, 15) is 13.2 Å². The molecule has 1 N–H and O–H groups in total. The van der Waals surface area contributed by atoms with Gasteiger partial charge in [-0.2, -0.15) is 18.2 Å². The minimum Gasteiger partial charge on any atom is -0.352 e. The van der Waals surface area contributed by atoms with Gasteiger partial charge in [-0.25, -0.2) is 4.52 Å². The van der Waals surface area contributed by atoms with Gasteiger partial charge in [-0.3, -0.25) is 0 Å². The van der Waals surface area contributed by atoms with Crippen LogP contribution in [-0.4, -0.2) is 14.6 Å². The number of fused-ring (bicyclic) bond motifs is 1. The highest BCUT2D eigenvalue weighted by atomic mass is 127. The van der Waals surface area contributed by atoms with Crippen LogP contribution in [0.25, 0.3) is 5.65 Å². The van der Waals surface area contributed by atoms with Crippen LogP contribution in [0.1, 0.15) is 5.56 Å². The number of aromatic nitrogens is 3. The highest BCUT2D eigenvalue weighted by Gasteiger charge is 2.30. The fourth-order valence-electron chi connectivity index (χ4n) is 1.91. The SMILES string of the molecule is FC(F)(F)c1cccc(Nc2cccn3nc(I)nc23)c1. The number of hydrogen-bond acceptors (Lipinski definition) is 3. The Balaban J connectivity index is 1.99. The molecular formula is C13H8F3IN4. The van der Waals surface area contributed by atoms with E-state index < -0.39 is 11.7 Å². The molecule has 3 aromatic rings. The van der Waals surface area contributed by atoms with E-state index in [0.717, 1.165) is 12.1 Å². The van der Waals surface area contributed by atoms with E-state index in [1.54, 1.807) is 28.9 Å². The van der Waals surface area contributed by atoms with E-state index in [1.165, 1.54) is 6.07 Å². The molecule has 108 valence electrons. The predicted molar refractivity (Wildman–Crippen MR) is 80.4 cm³/mol. The van der Waals surface area contributed by atoms with Crippen LogP contribution >= 0.6 is 22.6 Å². The molecule has 0 aliphatic carbocycles. The average Bonchev–Trinajstić information content (AvgIpc) is 2.80. The Labute approximate surface area is 131 Å². The normalized spacial score (nSPS) is 11.8. The van der Waals surface area contributed by atoms with Crippen LogP contribution in [-0.2, 0) is 6.18 Å². The molecule has 0 spiro atoms. The summed E-state index contributed by atoms with van der Waals surface area (Å²) < 4.78 is 40.3. The van der Waals surface area contributed by atoms with Crippen molar-refractivity contribution in [3.05, 3.63) is 52.0 Å². The number of hydrogen-bond donors (Lipinski definition) is 1. The maximum Gasteiger partial charge on any atom is 0.416 e. The summed E-state index contributed by atoms with van der Waals surface area (Å²) in [7, 11) is 0. The van der Waals surface area contributed by atoms with E-state index in [1.807, 2.05) is 22.6 Å². The molecule has 4 nitrogen and oxygen atoms in total. The van der Waals surface area contributed by atoms with E-state index in [-0.39, 0.29) is 0 Å². The Morgan fingerprint density at radius 2 is 1.95 bits per heavy atom. The maximum atomic E-state index is 12.7. The monoisotopic (exact) mass is 404 g/mol. The zero-order valence-corrected chi connectivity index (χ0v) is 12.6. The summed E-state index contributed by atoms with van der Waals surface area (Å²) in [5, 5.41) is 7.09.